The lowest BCUT2D eigenvalue weighted by Crippen LogP contribution is -2.37. The molecule has 2 fully saturated rings. The molecule has 1 unspecified atom stereocenters. The lowest BCUT2D eigenvalue weighted by molar-refractivity contribution is -0.124. The number of morpholine rings is 1. The lowest BCUT2D eigenvalue weighted by Gasteiger charge is -2.27. The van der Waals surface area contributed by atoms with Crippen molar-refractivity contribution in [2.75, 3.05) is 51.3 Å². The number of likely N-dealkylation sites (tertiary alicyclic amines) is 1. The van der Waals surface area contributed by atoms with Crippen LogP contribution in [0, 0.1) is 5.92 Å². The molecule has 3 heterocycles. The molecule has 0 saturated carbocycles. The van der Waals surface area contributed by atoms with Crippen molar-refractivity contribution in [1.29, 1.82) is 0 Å². The Bertz CT molecular complexity index is 872. The van der Waals surface area contributed by atoms with Crippen LogP contribution in [0.2, 0.25) is 0 Å². The molecule has 2 aliphatic heterocycles. The Labute approximate surface area is 158 Å². The molecule has 8 nitrogen and oxygen atoms in total. The first-order chi connectivity index (χ1) is 13.1. The van der Waals surface area contributed by atoms with E-state index >= 15 is 0 Å². The number of nitrogens with one attached hydrogen (secondary N) is 1. The van der Waals surface area contributed by atoms with Crippen LogP contribution in [-0.2, 0) is 16.6 Å². The molecule has 0 bridgehead atoms. The second-order valence-electron chi connectivity index (χ2n) is 7.12. The number of nitrogens with zero attached hydrogens (tertiary/aromatic N) is 4. The third kappa shape index (κ3) is 3.25. The molecule has 8 heteroatoms. The number of amides is 2. The Kier molecular flexibility index (Phi) is 4.73. The summed E-state index contributed by atoms with van der Waals surface area (Å²) in [4.78, 5) is 33.4. The average molecular weight is 371 g/mol. The minimum Gasteiger partial charge on any atom is -0.378 e. The molecule has 0 radical (unpaired) electrons. The van der Waals surface area contributed by atoms with Crippen molar-refractivity contribution >= 4 is 28.8 Å². The Morgan fingerprint density at radius 1 is 1.22 bits per heavy atom. The fourth-order valence-electron chi connectivity index (χ4n) is 3.91. The highest BCUT2D eigenvalue weighted by Gasteiger charge is 2.31. The Morgan fingerprint density at radius 2 is 2.00 bits per heavy atom. The molecule has 144 valence electrons. The van der Waals surface area contributed by atoms with E-state index in [-0.39, 0.29) is 17.7 Å². The van der Waals surface area contributed by atoms with Crippen molar-refractivity contribution in [2.45, 2.75) is 6.42 Å². The largest absolute Gasteiger partial charge is 0.378 e. The molecular weight excluding hydrogens is 346 g/mol. The molecule has 0 spiro atoms. The first-order valence-corrected chi connectivity index (χ1v) is 9.38. The summed E-state index contributed by atoms with van der Waals surface area (Å²) in [5, 5.41) is 2.67. The smallest absolute Gasteiger partial charge is 0.253 e. The van der Waals surface area contributed by atoms with E-state index in [0.717, 1.165) is 30.1 Å². The van der Waals surface area contributed by atoms with Gasteiger partial charge in [0.2, 0.25) is 11.9 Å². The second kappa shape index (κ2) is 7.19. The number of hydrogen-bond donors (Lipinski definition) is 1. The minimum absolute atomic E-state index is 0.000584. The highest BCUT2D eigenvalue weighted by Crippen LogP contribution is 2.25. The summed E-state index contributed by atoms with van der Waals surface area (Å²) in [6, 6.07) is 5.66. The van der Waals surface area contributed by atoms with Crippen LogP contribution in [0.1, 0.15) is 16.8 Å². The van der Waals surface area contributed by atoms with E-state index in [1.807, 2.05) is 25.2 Å². The third-order valence-electron chi connectivity index (χ3n) is 5.49. The van der Waals surface area contributed by atoms with Gasteiger partial charge in [-0.2, -0.15) is 0 Å². The number of carbonyl (C=O) groups excluding carboxylic acids is 2. The molecular formula is C19H25N5O3. The van der Waals surface area contributed by atoms with E-state index in [4.69, 9.17) is 9.72 Å². The zero-order valence-electron chi connectivity index (χ0n) is 15.8. The predicted molar refractivity (Wildman–Crippen MR) is 102 cm³/mol. The third-order valence-corrected chi connectivity index (χ3v) is 5.49. The summed E-state index contributed by atoms with van der Waals surface area (Å²) in [6.45, 7) is 4.12. The van der Waals surface area contributed by atoms with Gasteiger partial charge in [-0.1, -0.05) is 0 Å². The fraction of sp³-hybridized carbons (Fsp3) is 0.526. The van der Waals surface area contributed by atoms with E-state index in [1.54, 1.807) is 11.9 Å². The van der Waals surface area contributed by atoms with Crippen LogP contribution in [0.5, 0.6) is 0 Å². The molecule has 27 heavy (non-hydrogen) atoms. The van der Waals surface area contributed by atoms with Gasteiger partial charge in [-0.25, -0.2) is 4.98 Å². The van der Waals surface area contributed by atoms with Gasteiger partial charge in [0.25, 0.3) is 5.91 Å². The normalized spacial score (nSPS) is 20.3. The van der Waals surface area contributed by atoms with Crippen LogP contribution in [0.25, 0.3) is 11.0 Å². The van der Waals surface area contributed by atoms with Gasteiger partial charge in [0.1, 0.15) is 0 Å². The van der Waals surface area contributed by atoms with Gasteiger partial charge in [0.15, 0.2) is 0 Å². The SMILES string of the molecule is CNC(=O)C1CCN(C(=O)c2ccc3c(c2)nc(N2CCOCC2)n3C)C1. The van der Waals surface area contributed by atoms with Crippen LogP contribution in [-0.4, -0.2) is 72.7 Å². The summed E-state index contributed by atoms with van der Waals surface area (Å²) >= 11 is 0. The van der Waals surface area contributed by atoms with Crippen LogP contribution < -0.4 is 10.2 Å². The summed E-state index contributed by atoms with van der Waals surface area (Å²) in [6.07, 6.45) is 0.707. The van der Waals surface area contributed by atoms with Gasteiger partial charge in [-0.05, 0) is 24.6 Å². The highest BCUT2D eigenvalue weighted by atomic mass is 16.5. The number of imidazole rings is 1. The summed E-state index contributed by atoms with van der Waals surface area (Å²) in [5.74, 6) is 0.742. The van der Waals surface area contributed by atoms with Crippen molar-refractivity contribution in [3.8, 4) is 0 Å². The first-order valence-electron chi connectivity index (χ1n) is 9.38. The summed E-state index contributed by atoms with van der Waals surface area (Å²) in [7, 11) is 3.63. The molecule has 1 atom stereocenters. The fourth-order valence-corrected chi connectivity index (χ4v) is 3.91. The van der Waals surface area contributed by atoms with E-state index in [9.17, 15) is 9.59 Å². The Balaban J connectivity index is 1.56. The molecule has 2 saturated heterocycles. The molecule has 0 aliphatic carbocycles. The maximum atomic E-state index is 12.9. The van der Waals surface area contributed by atoms with E-state index < -0.39 is 0 Å². The lowest BCUT2D eigenvalue weighted by atomic mass is 10.1. The zero-order chi connectivity index (χ0) is 19.0. The zero-order valence-corrected chi connectivity index (χ0v) is 15.8. The predicted octanol–water partition coefficient (Wildman–Crippen LogP) is 0.618. The van der Waals surface area contributed by atoms with Crippen molar-refractivity contribution in [1.82, 2.24) is 19.8 Å². The van der Waals surface area contributed by atoms with Crippen molar-refractivity contribution in [2.24, 2.45) is 13.0 Å². The van der Waals surface area contributed by atoms with E-state index in [1.165, 1.54) is 0 Å². The number of fused-ring (bicyclic) bond motifs is 1. The van der Waals surface area contributed by atoms with E-state index in [0.29, 0.717) is 38.3 Å². The maximum absolute atomic E-state index is 12.9. The molecule has 1 aromatic heterocycles. The van der Waals surface area contributed by atoms with Crippen molar-refractivity contribution in [3.63, 3.8) is 0 Å². The number of benzene rings is 1. The van der Waals surface area contributed by atoms with Crippen LogP contribution in [0.15, 0.2) is 18.2 Å². The average Bonchev–Trinajstić information content (AvgIpc) is 3.32. The van der Waals surface area contributed by atoms with Crippen molar-refractivity contribution < 1.29 is 14.3 Å². The van der Waals surface area contributed by atoms with Gasteiger partial charge < -0.3 is 24.4 Å². The molecule has 4 rings (SSSR count). The topological polar surface area (TPSA) is 79.7 Å². The minimum atomic E-state index is -0.120. The monoisotopic (exact) mass is 371 g/mol. The molecule has 2 amide bonds. The van der Waals surface area contributed by atoms with Gasteiger partial charge in [0.05, 0.1) is 30.2 Å². The number of carbonyl (C=O) groups is 2. The van der Waals surface area contributed by atoms with Crippen LogP contribution in [0.3, 0.4) is 0 Å². The summed E-state index contributed by atoms with van der Waals surface area (Å²) in [5.41, 5.74) is 2.43. The van der Waals surface area contributed by atoms with Gasteiger partial charge in [0, 0.05) is 45.8 Å². The van der Waals surface area contributed by atoms with Crippen LogP contribution >= 0.6 is 0 Å². The number of aromatic nitrogens is 2. The summed E-state index contributed by atoms with van der Waals surface area (Å²) < 4.78 is 7.48. The van der Waals surface area contributed by atoms with E-state index in [2.05, 4.69) is 14.8 Å². The highest BCUT2D eigenvalue weighted by molar-refractivity contribution is 5.98. The number of ether oxygens (including phenoxy) is 1. The maximum Gasteiger partial charge on any atom is 0.253 e. The quantitative estimate of drug-likeness (QED) is 0.856. The van der Waals surface area contributed by atoms with Gasteiger partial charge >= 0.3 is 0 Å². The van der Waals surface area contributed by atoms with Gasteiger partial charge in [-0.15, -0.1) is 0 Å². The molecule has 1 aromatic carbocycles. The van der Waals surface area contributed by atoms with Crippen molar-refractivity contribution in [3.05, 3.63) is 23.8 Å². The number of hydrogen-bond acceptors (Lipinski definition) is 5. The molecule has 2 aromatic rings. The van der Waals surface area contributed by atoms with Gasteiger partial charge in [-0.3, -0.25) is 9.59 Å². The Hall–Kier alpha value is -2.61. The molecule has 1 N–H and O–H groups in total. The molecule has 2 aliphatic rings. The second-order valence-corrected chi connectivity index (χ2v) is 7.12. The number of aryl methyl sites for hydroxylation is 1. The van der Waals surface area contributed by atoms with Crippen LogP contribution in [0.4, 0.5) is 5.95 Å². The number of anilines is 1. The standard InChI is InChI=1S/C19H25N5O3/c1-20-17(25)14-5-6-24(12-14)18(26)13-3-4-16-15(11-13)21-19(22(16)2)23-7-9-27-10-8-23/h3-4,11,14H,5-10,12H2,1-2H3,(H,20,25). The first kappa shape index (κ1) is 17.8. The Morgan fingerprint density at radius 3 is 2.74 bits per heavy atom. The number of rotatable bonds is 3.